The minimum atomic E-state index is -1.15. The number of nitrogens with zero attached hydrogens (tertiary/aromatic N) is 2. The van der Waals surface area contributed by atoms with Crippen molar-refractivity contribution in [2.24, 2.45) is 5.41 Å². The van der Waals surface area contributed by atoms with E-state index in [2.05, 4.69) is 20.6 Å². The quantitative estimate of drug-likeness (QED) is 0.280. The Bertz CT molecular complexity index is 1520. The number of aromatic hydroxyl groups is 1. The number of hydrogen-bond acceptors (Lipinski definition) is 6. The summed E-state index contributed by atoms with van der Waals surface area (Å²) in [5.41, 5.74) is 9.20. The molecule has 5 rings (SSSR count). The smallest absolute Gasteiger partial charge is 0.240 e. The third kappa shape index (κ3) is 4.84. The number of phenolic OH excluding ortho intramolecular Hbond substituents is 1. The monoisotopic (exact) mass is 497 g/mol. The molecule has 1 heterocycles. The zero-order valence-corrected chi connectivity index (χ0v) is 20.0. The minimum absolute atomic E-state index is 0.0667. The summed E-state index contributed by atoms with van der Waals surface area (Å²) in [5.74, 6) is -1.02. The molecule has 1 aromatic heterocycles. The van der Waals surface area contributed by atoms with Gasteiger partial charge in [0.2, 0.25) is 17.8 Å². The zero-order chi connectivity index (χ0) is 26.2. The van der Waals surface area contributed by atoms with Gasteiger partial charge < -0.3 is 21.5 Å². The number of nitrogen functional groups attached to an aromatic ring is 1. The van der Waals surface area contributed by atoms with Gasteiger partial charge in [0.25, 0.3) is 0 Å². The highest BCUT2D eigenvalue weighted by Crippen LogP contribution is 2.47. The second-order valence-electron chi connectivity index (χ2n) is 9.06. The third-order valence-electron chi connectivity index (χ3n) is 6.46. The molecule has 1 fully saturated rings. The summed E-state index contributed by atoms with van der Waals surface area (Å²) in [6.07, 6.45) is 2.40. The Morgan fingerprint density at radius 2 is 1.59 bits per heavy atom. The van der Waals surface area contributed by atoms with Crippen molar-refractivity contribution < 1.29 is 19.1 Å². The number of phenols is 1. The number of amides is 2. The van der Waals surface area contributed by atoms with Crippen molar-refractivity contribution in [1.29, 1.82) is 0 Å². The Morgan fingerprint density at radius 3 is 2.24 bits per heavy atom. The van der Waals surface area contributed by atoms with Crippen molar-refractivity contribution in [2.75, 3.05) is 16.4 Å². The molecule has 1 aliphatic carbocycles. The number of carbonyl (C=O) groups is 2. The fourth-order valence-corrected chi connectivity index (χ4v) is 4.21. The van der Waals surface area contributed by atoms with E-state index in [0.717, 1.165) is 16.7 Å². The van der Waals surface area contributed by atoms with E-state index in [1.807, 2.05) is 25.1 Å². The Balaban J connectivity index is 1.33. The molecule has 5 N–H and O–H groups in total. The van der Waals surface area contributed by atoms with Crippen molar-refractivity contribution in [3.8, 4) is 28.1 Å². The number of anilines is 3. The van der Waals surface area contributed by atoms with E-state index in [9.17, 15) is 19.1 Å². The number of hydrogen-bond donors (Lipinski definition) is 4. The second-order valence-corrected chi connectivity index (χ2v) is 9.06. The average molecular weight is 498 g/mol. The molecular formula is C28H24FN5O3. The first-order valence-electron chi connectivity index (χ1n) is 11.7. The lowest BCUT2D eigenvalue weighted by Crippen LogP contribution is -2.35. The summed E-state index contributed by atoms with van der Waals surface area (Å²) in [4.78, 5) is 33.9. The molecule has 0 atom stereocenters. The first kappa shape index (κ1) is 23.9. The van der Waals surface area contributed by atoms with Crippen LogP contribution in [0.1, 0.15) is 18.4 Å². The Hall–Kier alpha value is -4.79. The van der Waals surface area contributed by atoms with Crippen LogP contribution in [0.25, 0.3) is 22.4 Å². The number of rotatable bonds is 6. The van der Waals surface area contributed by atoms with E-state index in [1.54, 1.807) is 24.3 Å². The maximum atomic E-state index is 13.1. The van der Waals surface area contributed by atoms with Crippen LogP contribution < -0.4 is 16.4 Å². The summed E-state index contributed by atoms with van der Waals surface area (Å²) in [6, 6.07) is 17.7. The van der Waals surface area contributed by atoms with Crippen molar-refractivity contribution >= 4 is 29.1 Å². The van der Waals surface area contributed by atoms with Gasteiger partial charge in [-0.1, -0.05) is 12.1 Å². The number of aryl methyl sites for hydroxylation is 1. The van der Waals surface area contributed by atoms with Crippen LogP contribution in [0, 0.1) is 18.2 Å². The SMILES string of the molecule is Cc1cc(NC(=O)C2(C(=O)Nc3ccc(F)cc3)CC2)ccc1-c1ccc(O)c(-c2ccnc(N)n2)c1. The van der Waals surface area contributed by atoms with E-state index in [4.69, 9.17) is 5.73 Å². The van der Waals surface area contributed by atoms with E-state index < -0.39 is 17.1 Å². The highest BCUT2D eigenvalue weighted by atomic mass is 19.1. The van der Waals surface area contributed by atoms with E-state index in [-0.39, 0.29) is 17.6 Å². The minimum Gasteiger partial charge on any atom is -0.507 e. The van der Waals surface area contributed by atoms with Gasteiger partial charge in [-0.25, -0.2) is 14.4 Å². The Kier molecular flexibility index (Phi) is 6.04. The number of benzene rings is 3. The molecule has 2 amide bonds. The molecule has 4 aromatic rings. The number of nitrogens with two attached hydrogens (primary N) is 1. The lowest BCUT2D eigenvalue weighted by atomic mass is 9.96. The predicted molar refractivity (Wildman–Crippen MR) is 139 cm³/mol. The van der Waals surface area contributed by atoms with E-state index >= 15 is 0 Å². The van der Waals surface area contributed by atoms with Crippen molar-refractivity contribution in [1.82, 2.24) is 9.97 Å². The zero-order valence-electron chi connectivity index (χ0n) is 20.0. The van der Waals surface area contributed by atoms with Crippen LogP contribution in [0.3, 0.4) is 0 Å². The number of halogens is 1. The second kappa shape index (κ2) is 9.34. The lowest BCUT2D eigenvalue weighted by Gasteiger charge is -2.17. The Morgan fingerprint density at radius 1 is 0.919 bits per heavy atom. The molecule has 37 heavy (non-hydrogen) atoms. The maximum absolute atomic E-state index is 13.1. The first-order chi connectivity index (χ1) is 17.7. The van der Waals surface area contributed by atoms with Gasteiger partial charge in [0.15, 0.2) is 0 Å². The van der Waals surface area contributed by atoms with Gasteiger partial charge in [-0.15, -0.1) is 0 Å². The summed E-state index contributed by atoms with van der Waals surface area (Å²) in [6.45, 7) is 1.91. The van der Waals surface area contributed by atoms with Gasteiger partial charge in [-0.05, 0) is 91.1 Å². The van der Waals surface area contributed by atoms with E-state index in [0.29, 0.717) is 35.5 Å². The fraction of sp³-hybridized carbons (Fsp3) is 0.143. The largest absolute Gasteiger partial charge is 0.507 e. The van der Waals surface area contributed by atoms with Crippen LogP contribution in [-0.4, -0.2) is 26.9 Å². The van der Waals surface area contributed by atoms with Crippen molar-refractivity contribution in [3.63, 3.8) is 0 Å². The lowest BCUT2D eigenvalue weighted by molar-refractivity contribution is -0.131. The topological polar surface area (TPSA) is 130 Å². The molecule has 0 spiro atoms. The summed E-state index contributed by atoms with van der Waals surface area (Å²) in [7, 11) is 0. The van der Waals surface area contributed by atoms with Gasteiger partial charge in [-0.2, -0.15) is 0 Å². The standard InChI is InChI=1S/C28H24FN5O3/c1-16-14-20(33-26(37)28(11-12-28)25(36)32-19-5-3-18(29)4-6-19)7-8-21(16)17-2-9-24(35)22(15-17)23-10-13-31-27(30)34-23/h2-10,13-15,35H,11-12H2,1H3,(H,32,36)(H,33,37)(H2,30,31,34). The first-order valence-corrected chi connectivity index (χ1v) is 11.7. The van der Waals surface area contributed by atoms with Gasteiger partial charge in [-0.3, -0.25) is 9.59 Å². The molecule has 8 nitrogen and oxygen atoms in total. The number of aromatic nitrogens is 2. The number of nitrogens with one attached hydrogen (secondary N) is 2. The van der Waals surface area contributed by atoms with E-state index in [1.165, 1.54) is 30.5 Å². The molecule has 0 unspecified atom stereocenters. The third-order valence-corrected chi connectivity index (χ3v) is 6.46. The molecule has 0 bridgehead atoms. The van der Waals surface area contributed by atoms with Crippen molar-refractivity contribution in [3.05, 3.63) is 84.3 Å². The maximum Gasteiger partial charge on any atom is 0.240 e. The van der Waals surface area contributed by atoms with Crippen LogP contribution >= 0.6 is 0 Å². The molecule has 1 saturated carbocycles. The summed E-state index contributed by atoms with van der Waals surface area (Å²) < 4.78 is 13.1. The summed E-state index contributed by atoms with van der Waals surface area (Å²) >= 11 is 0. The molecule has 1 aliphatic rings. The highest BCUT2D eigenvalue weighted by Gasteiger charge is 2.56. The van der Waals surface area contributed by atoms with Crippen LogP contribution in [0.15, 0.2) is 72.9 Å². The van der Waals surface area contributed by atoms with Gasteiger partial charge in [0.1, 0.15) is 17.0 Å². The van der Waals surface area contributed by atoms with Crippen LogP contribution in [-0.2, 0) is 9.59 Å². The molecule has 0 aliphatic heterocycles. The van der Waals surface area contributed by atoms with Crippen LogP contribution in [0.5, 0.6) is 5.75 Å². The van der Waals surface area contributed by atoms with Gasteiger partial charge in [0.05, 0.1) is 5.69 Å². The van der Waals surface area contributed by atoms with Gasteiger partial charge in [0, 0.05) is 23.1 Å². The molecule has 0 radical (unpaired) electrons. The van der Waals surface area contributed by atoms with Crippen LogP contribution in [0.4, 0.5) is 21.7 Å². The fourth-order valence-electron chi connectivity index (χ4n) is 4.21. The average Bonchev–Trinajstić information content (AvgIpc) is 3.69. The molecule has 9 heteroatoms. The Labute approximate surface area is 212 Å². The number of carbonyl (C=O) groups excluding carboxylic acids is 2. The molecular weight excluding hydrogens is 473 g/mol. The predicted octanol–water partition coefficient (Wildman–Crippen LogP) is 4.90. The highest BCUT2D eigenvalue weighted by molar-refractivity contribution is 6.17. The summed E-state index contributed by atoms with van der Waals surface area (Å²) in [5, 5.41) is 15.9. The molecule has 0 saturated heterocycles. The van der Waals surface area contributed by atoms with Gasteiger partial charge >= 0.3 is 0 Å². The molecule has 186 valence electrons. The van der Waals surface area contributed by atoms with Crippen LogP contribution in [0.2, 0.25) is 0 Å². The normalized spacial score (nSPS) is 13.6. The molecule has 3 aromatic carbocycles. The van der Waals surface area contributed by atoms with Crippen molar-refractivity contribution in [2.45, 2.75) is 19.8 Å².